The summed E-state index contributed by atoms with van der Waals surface area (Å²) in [6.45, 7) is 7.58. The highest BCUT2D eigenvalue weighted by Crippen LogP contribution is 2.36. The van der Waals surface area contributed by atoms with Gasteiger partial charge in [-0.2, -0.15) is 0 Å². The maximum absolute atomic E-state index is 12.9. The van der Waals surface area contributed by atoms with E-state index in [1.54, 1.807) is 11.8 Å². The Hall–Kier alpha value is -0.230. The lowest BCUT2D eigenvalue weighted by Gasteiger charge is -2.31. The van der Waals surface area contributed by atoms with Crippen LogP contribution in [0.15, 0.2) is 33.6 Å². The lowest BCUT2D eigenvalue weighted by atomic mass is 10.1. The monoisotopic (exact) mass is 406 g/mol. The number of hydrogen-bond acceptors (Lipinski definition) is 3. The van der Waals surface area contributed by atoms with Crippen LogP contribution in [0.25, 0.3) is 0 Å². The first kappa shape index (κ1) is 19.8. The molecule has 0 saturated carbocycles. The van der Waals surface area contributed by atoms with Gasteiger partial charge in [-0.1, -0.05) is 15.9 Å². The van der Waals surface area contributed by atoms with Gasteiger partial charge < -0.3 is 10.6 Å². The summed E-state index contributed by atoms with van der Waals surface area (Å²) >= 11 is 5.05. The minimum absolute atomic E-state index is 0. The first-order chi connectivity index (χ1) is 9.83. The fraction of sp³-hybridized carbons (Fsp3) is 0.562. The van der Waals surface area contributed by atoms with Gasteiger partial charge in [0.15, 0.2) is 0 Å². The van der Waals surface area contributed by atoms with Gasteiger partial charge >= 0.3 is 0 Å². The summed E-state index contributed by atoms with van der Waals surface area (Å²) in [5.74, 6) is 0.649. The van der Waals surface area contributed by atoms with Crippen LogP contribution in [0.5, 0.6) is 0 Å². The molecule has 2 N–H and O–H groups in total. The van der Waals surface area contributed by atoms with Crippen LogP contribution in [0, 0.1) is 5.92 Å². The third kappa shape index (κ3) is 4.63. The first-order valence-corrected chi connectivity index (χ1v) is 8.90. The summed E-state index contributed by atoms with van der Waals surface area (Å²) in [5, 5.41) is 0. The molecule has 1 fully saturated rings. The molecule has 1 saturated heterocycles. The zero-order valence-corrected chi connectivity index (χ0v) is 16.4. The van der Waals surface area contributed by atoms with Crippen LogP contribution >= 0.6 is 40.1 Å². The van der Waals surface area contributed by atoms with E-state index >= 15 is 0 Å². The van der Waals surface area contributed by atoms with E-state index in [2.05, 4.69) is 22.9 Å². The van der Waals surface area contributed by atoms with Gasteiger partial charge in [-0.05, 0) is 63.9 Å². The summed E-state index contributed by atoms with van der Waals surface area (Å²) in [5.41, 5.74) is 5.76. The molecule has 0 aliphatic carbocycles. The van der Waals surface area contributed by atoms with E-state index < -0.39 is 4.75 Å². The highest BCUT2D eigenvalue weighted by Gasteiger charge is 2.39. The number of benzene rings is 1. The fourth-order valence-corrected chi connectivity index (χ4v) is 4.11. The van der Waals surface area contributed by atoms with Crippen molar-refractivity contribution in [3.05, 3.63) is 28.7 Å². The molecular formula is C16H24BrClN2OS. The summed E-state index contributed by atoms with van der Waals surface area (Å²) < 4.78 is 0.584. The number of likely N-dealkylation sites (tertiary alicyclic amines) is 1. The van der Waals surface area contributed by atoms with E-state index in [1.165, 1.54) is 0 Å². The minimum atomic E-state index is -0.467. The molecule has 0 bridgehead atoms. The molecule has 1 aromatic rings. The molecule has 1 aliphatic rings. The topological polar surface area (TPSA) is 46.3 Å². The molecule has 1 aliphatic heterocycles. The number of halogens is 2. The SMILES string of the molecule is CC1CC(CN)CN1C(=O)C(C)(C)Sc1ccc(Br)cc1.Cl. The molecule has 2 atom stereocenters. The van der Waals surface area contributed by atoms with Crippen molar-refractivity contribution >= 4 is 46.0 Å². The Kier molecular flexibility index (Phi) is 7.24. The van der Waals surface area contributed by atoms with Crippen molar-refractivity contribution < 1.29 is 4.79 Å². The van der Waals surface area contributed by atoms with Crippen LogP contribution in [0.1, 0.15) is 27.2 Å². The Morgan fingerprint density at radius 1 is 1.41 bits per heavy atom. The van der Waals surface area contributed by atoms with E-state index in [-0.39, 0.29) is 24.4 Å². The number of nitrogens with two attached hydrogens (primary N) is 1. The van der Waals surface area contributed by atoms with Gasteiger partial charge in [0.1, 0.15) is 0 Å². The van der Waals surface area contributed by atoms with E-state index in [9.17, 15) is 4.79 Å². The lowest BCUT2D eigenvalue weighted by molar-refractivity contribution is -0.133. The van der Waals surface area contributed by atoms with Crippen molar-refractivity contribution in [1.29, 1.82) is 0 Å². The van der Waals surface area contributed by atoms with Crippen molar-refractivity contribution in [2.75, 3.05) is 13.1 Å². The molecule has 0 aromatic heterocycles. The van der Waals surface area contributed by atoms with Crippen molar-refractivity contribution in [3.8, 4) is 0 Å². The molecule has 3 nitrogen and oxygen atoms in total. The van der Waals surface area contributed by atoms with Crippen LogP contribution in [0.3, 0.4) is 0 Å². The van der Waals surface area contributed by atoms with Crippen molar-refractivity contribution in [1.82, 2.24) is 4.90 Å². The van der Waals surface area contributed by atoms with Gasteiger partial charge in [0.05, 0.1) is 4.75 Å². The number of rotatable bonds is 4. The van der Waals surface area contributed by atoms with Crippen LogP contribution in [-0.2, 0) is 4.79 Å². The van der Waals surface area contributed by atoms with Gasteiger partial charge in [-0.3, -0.25) is 4.79 Å². The molecule has 1 amide bonds. The highest BCUT2D eigenvalue weighted by atomic mass is 79.9. The van der Waals surface area contributed by atoms with Crippen molar-refractivity contribution in [2.45, 2.75) is 42.9 Å². The highest BCUT2D eigenvalue weighted by molar-refractivity contribution is 9.10. The Morgan fingerprint density at radius 3 is 2.50 bits per heavy atom. The quantitative estimate of drug-likeness (QED) is 0.769. The second kappa shape index (κ2) is 8.04. The molecule has 1 heterocycles. The summed E-state index contributed by atoms with van der Waals surface area (Å²) in [4.78, 5) is 16.0. The Labute approximate surface area is 151 Å². The summed E-state index contributed by atoms with van der Waals surface area (Å²) in [6, 6.07) is 8.38. The van der Waals surface area contributed by atoms with Gasteiger partial charge in [-0.25, -0.2) is 0 Å². The smallest absolute Gasteiger partial charge is 0.238 e. The standard InChI is InChI=1S/C16H23BrN2OS.ClH/c1-11-8-12(9-18)10-19(11)15(20)16(2,3)21-14-6-4-13(17)5-7-14;/h4-7,11-12H,8-10,18H2,1-3H3;1H. The van der Waals surface area contributed by atoms with Gasteiger partial charge in [0.2, 0.25) is 5.91 Å². The average Bonchev–Trinajstić information content (AvgIpc) is 2.81. The van der Waals surface area contributed by atoms with Gasteiger partial charge in [-0.15, -0.1) is 24.2 Å². The fourth-order valence-electron chi connectivity index (χ4n) is 2.78. The Balaban J connectivity index is 0.00000242. The largest absolute Gasteiger partial charge is 0.338 e. The lowest BCUT2D eigenvalue weighted by Crippen LogP contribution is -2.45. The van der Waals surface area contributed by atoms with E-state index in [0.29, 0.717) is 12.5 Å². The molecular weight excluding hydrogens is 384 g/mol. The molecule has 124 valence electrons. The molecule has 22 heavy (non-hydrogen) atoms. The van der Waals surface area contributed by atoms with Crippen molar-refractivity contribution in [3.63, 3.8) is 0 Å². The second-order valence-electron chi connectivity index (χ2n) is 6.21. The molecule has 2 unspecified atom stereocenters. The van der Waals surface area contributed by atoms with Gasteiger partial charge in [0, 0.05) is 22.0 Å². The number of carbonyl (C=O) groups is 1. The predicted molar refractivity (Wildman–Crippen MR) is 99.7 cm³/mol. The van der Waals surface area contributed by atoms with Crippen molar-refractivity contribution in [2.24, 2.45) is 11.7 Å². The molecule has 1 aromatic carbocycles. The number of carbonyl (C=O) groups excluding carboxylic acids is 1. The Morgan fingerprint density at radius 2 is 2.00 bits per heavy atom. The van der Waals surface area contributed by atoms with Crippen LogP contribution in [-0.4, -0.2) is 34.7 Å². The molecule has 0 radical (unpaired) electrons. The summed E-state index contributed by atoms with van der Waals surface area (Å²) in [7, 11) is 0. The molecule has 6 heteroatoms. The third-order valence-corrected chi connectivity index (χ3v) is 5.68. The number of nitrogens with zero attached hydrogens (tertiary/aromatic N) is 1. The molecule has 0 spiro atoms. The van der Waals surface area contributed by atoms with Crippen LogP contribution in [0.4, 0.5) is 0 Å². The zero-order chi connectivity index (χ0) is 15.6. The number of thioether (sulfide) groups is 1. The minimum Gasteiger partial charge on any atom is -0.338 e. The average molecular weight is 408 g/mol. The zero-order valence-electron chi connectivity index (χ0n) is 13.2. The molecule has 2 rings (SSSR count). The number of hydrogen-bond donors (Lipinski definition) is 1. The van der Waals surface area contributed by atoms with E-state index in [4.69, 9.17) is 5.73 Å². The first-order valence-electron chi connectivity index (χ1n) is 7.29. The van der Waals surface area contributed by atoms with Crippen LogP contribution < -0.4 is 5.73 Å². The second-order valence-corrected chi connectivity index (χ2v) is 8.82. The van der Waals surface area contributed by atoms with Gasteiger partial charge in [0.25, 0.3) is 0 Å². The van der Waals surface area contributed by atoms with Crippen LogP contribution in [0.2, 0.25) is 0 Å². The Bertz CT molecular complexity index is 509. The predicted octanol–water partition coefficient (Wildman–Crippen LogP) is 3.94. The maximum Gasteiger partial charge on any atom is 0.238 e. The van der Waals surface area contributed by atoms with E-state index in [1.807, 2.05) is 43.0 Å². The summed E-state index contributed by atoms with van der Waals surface area (Å²) in [6.07, 6.45) is 1.02. The normalized spacial score (nSPS) is 21.6. The van der Waals surface area contributed by atoms with E-state index in [0.717, 1.165) is 22.3 Å². The number of amides is 1. The third-order valence-electron chi connectivity index (χ3n) is 3.96. The maximum atomic E-state index is 12.9.